The van der Waals surface area contributed by atoms with Crippen LogP contribution in [0.1, 0.15) is 50.7 Å². The van der Waals surface area contributed by atoms with Crippen molar-refractivity contribution in [2.24, 2.45) is 0 Å². The zero-order chi connectivity index (χ0) is 37.2. The van der Waals surface area contributed by atoms with Crippen LogP contribution in [0.3, 0.4) is 0 Å². The highest BCUT2D eigenvalue weighted by molar-refractivity contribution is 6.09. The van der Waals surface area contributed by atoms with Gasteiger partial charge in [-0.3, -0.25) is 22.7 Å². The van der Waals surface area contributed by atoms with Crippen LogP contribution in [0.15, 0.2) is 158 Å². The molecule has 7 heteroatoms. The molecule has 0 spiro atoms. The molecule has 10 rings (SSSR count). The van der Waals surface area contributed by atoms with Crippen LogP contribution in [0, 0.1) is 6.33 Å². The molecule has 0 amide bonds. The smallest absolute Gasteiger partial charge is 0.269 e. The zero-order valence-electron chi connectivity index (χ0n) is 31.3. The van der Waals surface area contributed by atoms with E-state index in [4.69, 9.17) is 9.72 Å². The van der Waals surface area contributed by atoms with Gasteiger partial charge in [0.05, 0.1) is 45.3 Å². The first kappa shape index (κ1) is 32.8. The molecule has 0 unspecified atom stereocenters. The van der Waals surface area contributed by atoms with E-state index < -0.39 is 0 Å². The summed E-state index contributed by atoms with van der Waals surface area (Å²) in [5.74, 6) is 3.06. The summed E-state index contributed by atoms with van der Waals surface area (Å²) in [6.07, 6.45) is 9.89. The van der Waals surface area contributed by atoms with Gasteiger partial charge in [-0.25, -0.2) is 4.98 Å². The first-order valence-corrected chi connectivity index (χ1v) is 18.9. The molecule has 4 aromatic heterocycles. The number of rotatable bonds is 8. The van der Waals surface area contributed by atoms with Crippen LogP contribution in [0.5, 0.6) is 11.5 Å². The molecule has 4 heterocycles. The Morgan fingerprint density at radius 3 is 2.11 bits per heavy atom. The lowest BCUT2D eigenvalue weighted by atomic mass is 9.92. The van der Waals surface area contributed by atoms with Crippen molar-refractivity contribution in [1.29, 1.82) is 0 Å². The lowest BCUT2D eigenvalue weighted by Crippen LogP contribution is -2.29. The maximum atomic E-state index is 6.66. The van der Waals surface area contributed by atoms with Gasteiger partial charge in [0.25, 0.3) is 6.33 Å². The van der Waals surface area contributed by atoms with Crippen molar-refractivity contribution in [3.05, 3.63) is 176 Å². The summed E-state index contributed by atoms with van der Waals surface area (Å²) >= 11 is 0. The van der Waals surface area contributed by atoms with E-state index in [1.807, 2.05) is 36.5 Å². The number of para-hydroxylation sites is 5. The van der Waals surface area contributed by atoms with Crippen LogP contribution in [-0.4, -0.2) is 23.1 Å². The van der Waals surface area contributed by atoms with Crippen LogP contribution < -0.4 is 9.30 Å². The summed E-state index contributed by atoms with van der Waals surface area (Å²) in [6, 6.07) is 48.5. The minimum atomic E-state index is 0.376. The Labute approximate surface area is 319 Å². The average molecular weight is 717 g/mol. The summed E-state index contributed by atoms with van der Waals surface area (Å²) in [4.78, 5) is 5.10. The quantitative estimate of drug-likeness (QED) is 0.116. The summed E-state index contributed by atoms with van der Waals surface area (Å²) in [7, 11) is 0. The van der Waals surface area contributed by atoms with Crippen LogP contribution in [0.25, 0.3) is 61.5 Å². The molecule has 0 N–H and O–H groups in total. The van der Waals surface area contributed by atoms with Crippen molar-refractivity contribution < 1.29 is 9.30 Å². The van der Waals surface area contributed by atoms with Gasteiger partial charge in [0.15, 0.2) is 0 Å². The topological polar surface area (TPSA) is 45.2 Å². The van der Waals surface area contributed by atoms with E-state index in [1.165, 1.54) is 16.8 Å². The molecule has 6 aromatic carbocycles. The van der Waals surface area contributed by atoms with Gasteiger partial charge in [0.1, 0.15) is 17.1 Å². The number of benzene rings is 6. The molecule has 0 aliphatic rings. The van der Waals surface area contributed by atoms with E-state index in [9.17, 15) is 0 Å². The molecule has 0 saturated heterocycles. The summed E-state index contributed by atoms with van der Waals surface area (Å²) in [5, 5.41) is 2.30. The van der Waals surface area contributed by atoms with E-state index >= 15 is 0 Å². The van der Waals surface area contributed by atoms with Gasteiger partial charge in [-0.2, -0.15) is 0 Å². The van der Waals surface area contributed by atoms with Gasteiger partial charge < -0.3 is 4.74 Å². The normalized spacial score (nSPS) is 12.0. The summed E-state index contributed by atoms with van der Waals surface area (Å²) in [5.41, 5.74) is 11.2. The van der Waals surface area contributed by atoms with E-state index in [1.54, 1.807) is 0 Å². The Morgan fingerprint density at radius 1 is 0.618 bits per heavy atom. The monoisotopic (exact) mass is 716 g/mol. The minimum Gasteiger partial charge on any atom is -0.458 e. The molecule has 55 heavy (non-hydrogen) atoms. The van der Waals surface area contributed by atoms with Crippen LogP contribution in [0.2, 0.25) is 0 Å². The summed E-state index contributed by atoms with van der Waals surface area (Å²) < 4.78 is 17.6. The number of hydrogen-bond acceptors (Lipinski definition) is 2. The van der Waals surface area contributed by atoms with Gasteiger partial charge in [-0.05, 0) is 71.5 Å². The van der Waals surface area contributed by atoms with Crippen LogP contribution in [-0.2, 0) is 0 Å². The molecule has 0 radical (unpaired) electrons. The number of hydrogen-bond donors (Lipinski definition) is 0. The molecule has 10 aromatic rings. The lowest BCUT2D eigenvalue weighted by molar-refractivity contribution is -0.572. The fraction of sp³-hybridized carbons (Fsp3) is 0.125. The molecule has 0 bridgehead atoms. The Bertz CT molecular complexity index is 3000. The zero-order valence-corrected chi connectivity index (χ0v) is 31.3. The molecule has 0 aliphatic heterocycles. The van der Waals surface area contributed by atoms with Crippen molar-refractivity contribution >= 4 is 38.5 Å². The number of imidazole rings is 3. The molecule has 0 atom stereocenters. The Hall–Kier alpha value is -6.86. The standard InChI is InChI=1S/C48H40N6O/c1-32(2)38-19-13-20-39(33(3)4)47(38)50-26-27-51-46(50)30-49-48(51)54-42-21-9-8-18-40(42)41-25-24-37(29-45(41)54)55-36-17-12-16-35(28-36)53-31-52(34-14-6-5-7-15-34)43-22-10-11-23-44(43)53/h5-30,32-33H,1-4H3. The fourth-order valence-electron chi connectivity index (χ4n) is 8.09. The van der Waals surface area contributed by atoms with E-state index in [0.29, 0.717) is 11.8 Å². The predicted octanol–water partition coefficient (Wildman–Crippen LogP) is 11.3. The van der Waals surface area contributed by atoms with E-state index in [0.717, 1.165) is 67.3 Å². The van der Waals surface area contributed by atoms with E-state index in [-0.39, 0.29) is 0 Å². The first-order chi connectivity index (χ1) is 26.9. The van der Waals surface area contributed by atoms with Crippen molar-refractivity contribution in [2.45, 2.75) is 39.5 Å². The van der Waals surface area contributed by atoms with Gasteiger partial charge in [-0.1, -0.05) is 113 Å². The Kier molecular flexibility index (Phi) is 7.70. The molecular formula is C48H40N6O. The number of aromatic nitrogens is 6. The Morgan fingerprint density at radius 2 is 1.31 bits per heavy atom. The highest BCUT2D eigenvalue weighted by Crippen LogP contribution is 2.37. The fourth-order valence-corrected chi connectivity index (χ4v) is 8.09. The molecule has 268 valence electrons. The van der Waals surface area contributed by atoms with E-state index in [2.05, 4.69) is 178 Å². The molecule has 7 nitrogen and oxygen atoms in total. The van der Waals surface area contributed by atoms with Crippen molar-refractivity contribution in [2.75, 3.05) is 0 Å². The molecule has 0 fully saturated rings. The van der Waals surface area contributed by atoms with Crippen molar-refractivity contribution in [3.8, 4) is 34.5 Å². The minimum absolute atomic E-state index is 0.376. The highest BCUT2D eigenvalue weighted by atomic mass is 16.5. The molecule has 0 aliphatic carbocycles. The van der Waals surface area contributed by atoms with Gasteiger partial charge in [0, 0.05) is 29.2 Å². The second-order valence-corrected chi connectivity index (χ2v) is 14.8. The third-order valence-electron chi connectivity index (χ3n) is 10.7. The van der Waals surface area contributed by atoms with Crippen LogP contribution >= 0.6 is 0 Å². The SMILES string of the molecule is CC(C)c1cccc(C(C)C)c1-n1ccn2c(-n3c4ccccc4c4ccc(Oc5cccc(-n6[c-][n+](-c7ccccc7)c7ccccc76)c5)cc43)ncc12. The number of fused-ring (bicyclic) bond motifs is 5. The van der Waals surface area contributed by atoms with Crippen molar-refractivity contribution in [3.63, 3.8) is 0 Å². The first-order valence-electron chi connectivity index (χ1n) is 18.9. The maximum absolute atomic E-state index is 6.66. The Balaban J connectivity index is 1.07. The predicted molar refractivity (Wildman–Crippen MR) is 221 cm³/mol. The third-order valence-corrected chi connectivity index (χ3v) is 10.7. The largest absolute Gasteiger partial charge is 0.458 e. The second kappa shape index (κ2) is 12.9. The maximum Gasteiger partial charge on any atom is 0.269 e. The highest BCUT2D eigenvalue weighted by Gasteiger charge is 2.22. The summed E-state index contributed by atoms with van der Waals surface area (Å²) in [6.45, 7) is 9.06. The second-order valence-electron chi connectivity index (χ2n) is 14.8. The third kappa shape index (κ3) is 5.34. The lowest BCUT2D eigenvalue weighted by Gasteiger charge is -2.20. The molecular weight excluding hydrogens is 677 g/mol. The number of nitrogens with zero attached hydrogens (tertiary/aromatic N) is 6. The van der Waals surface area contributed by atoms with Gasteiger partial charge >= 0.3 is 0 Å². The van der Waals surface area contributed by atoms with Gasteiger partial charge in [0.2, 0.25) is 5.95 Å². The average Bonchev–Trinajstić information content (AvgIpc) is 3.99. The van der Waals surface area contributed by atoms with Gasteiger partial charge in [-0.15, -0.1) is 0 Å². The molecule has 0 saturated carbocycles. The number of ether oxygens (including phenoxy) is 1. The van der Waals surface area contributed by atoms with Crippen LogP contribution in [0.4, 0.5) is 0 Å². The van der Waals surface area contributed by atoms with Crippen molar-refractivity contribution in [1.82, 2.24) is 23.1 Å².